The van der Waals surface area contributed by atoms with Crippen LogP contribution in [0.25, 0.3) is 0 Å². The van der Waals surface area contributed by atoms with E-state index < -0.39 is 0 Å². The van der Waals surface area contributed by atoms with Gasteiger partial charge < -0.3 is 10.4 Å². The highest BCUT2D eigenvalue weighted by Gasteiger charge is 2.02. The predicted molar refractivity (Wildman–Crippen MR) is 64.6 cm³/mol. The molecule has 0 spiro atoms. The summed E-state index contributed by atoms with van der Waals surface area (Å²) < 4.78 is 1.17. The molecule has 1 aromatic rings. The van der Waals surface area contributed by atoms with E-state index in [9.17, 15) is 5.11 Å². The Labute approximate surface area is 97.5 Å². The number of aliphatic hydroxyl groups is 1. The second kappa shape index (κ2) is 6.56. The Balaban J connectivity index is 2.13. The second-order valence-corrected chi connectivity index (χ2v) is 5.07. The molecule has 0 aromatic carbocycles. The first kappa shape index (κ1) is 12.2. The molecule has 2 N–H and O–H groups in total. The lowest BCUT2D eigenvalue weighted by Crippen LogP contribution is -2.19. The van der Waals surface area contributed by atoms with Gasteiger partial charge in [-0.3, -0.25) is 0 Å². The molecule has 1 aromatic heterocycles. The third-order valence-electron chi connectivity index (χ3n) is 2.10. The Bertz CT molecular complexity index is 264. The molecule has 0 aliphatic heterocycles. The monoisotopic (exact) mass is 277 g/mol. The van der Waals surface area contributed by atoms with Gasteiger partial charge in [0.2, 0.25) is 0 Å². The van der Waals surface area contributed by atoms with Gasteiger partial charge in [0.25, 0.3) is 0 Å². The van der Waals surface area contributed by atoms with Gasteiger partial charge in [-0.15, -0.1) is 11.3 Å². The number of thiophene rings is 1. The van der Waals surface area contributed by atoms with Crippen LogP contribution >= 0.6 is 27.3 Å². The number of nitrogens with one attached hydrogen (secondary N) is 1. The van der Waals surface area contributed by atoms with Gasteiger partial charge in [0.05, 0.1) is 6.10 Å². The van der Waals surface area contributed by atoms with Gasteiger partial charge >= 0.3 is 0 Å². The Hall–Kier alpha value is 0.100. The van der Waals surface area contributed by atoms with Gasteiger partial charge in [0.15, 0.2) is 0 Å². The summed E-state index contributed by atoms with van der Waals surface area (Å²) in [6, 6.07) is 2.06. The maximum Gasteiger partial charge on any atom is 0.0549 e. The molecule has 0 radical (unpaired) electrons. The van der Waals surface area contributed by atoms with E-state index in [1.54, 1.807) is 11.3 Å². The van der Waals surface area contributed by atoms with Gasteiger partial charge in [-0.2, -0.15) is 0 Å². The molecule has 0 unspecified atom stereocenters. The molecule has 1 rings (SSSR count). The minimum Gasteiger partial charge on any atom is -0.393 e. The fraction of sp³-hybridized carbons (Fsp3) is 0.600. The molecule has 1 atom stereocenters. The number of halogens is 1. The standard InChI is InChI=1S/C10H16BrNOS/c1-2-8(13)3-5-12-7-10-9(11)4-6-14-10/h4,6,8,12-13H,2-3,5,7H2,1H3/t8-/m1/s1. The molecular weight excluding hydrogens is 262 g/mol. The molecule has 14 heavy (non-hydrogen) atoms. The highest BCUT2D eigenvalue weighted by molar-refractivity contribution is 9.10. The number of hydrogen-bond acceptors (Lipinski definition) is 3. The van der Waals surface area contributed by atoms with Crippen molar-refractivity contribution in [2.75, 3.05) is 6.54 Å². The zero-order valence-electron chi connectivity index (χ0n) is 8.29. The highest BCUT2D eigenvalue weighted by Crippen LogP contribution is 2.21. The summed E-state index contributed by atoms with van der Waals surface area (Å²) in [5, 5.41) is 14.7. The van der Waals surface area contributed by atoms with Crippen molar-refractivity contribution in [2.24, 2.45) is 0 Å². The van der Waals surface area contributed by atoms with Crippen molar-refractivity contribution in [3.05, 3.63) is 20.8 Å². The van der Waals surface area contributed by atoms with Crippen LogP contribution in [0.1, 0.15) is 24.6 Å². The van der Waals surface area contributed by atoms with Crippen LogP contribution in [0, 0.1) is 0 Å². The molecule has 0 fully saturated rings. The van der Waals surface area contributed by atoms with Crippen molar-refractivity contribution < 1.29 is 5.11 Å². The van der Waals surface area contributed by atoms with E-state index in [0.29, 0.717) is 0 Å². The average molecular weight is 278 g/mol. The lowest BCUT2D eigenvalue weighted by molar-refractivity contribution is 0.160. The van der Waals surface area contributed by atoms with Crippen LogP contribution in [0.4, 0.5) is 0 Å². The summed E-state index contributed by atoms with van der Waals surface area (Å²) in [6.07, 6.45) is 1.51. The second-order valence-electron chi connectivity index (χ2n) is 3.22. The maximum absolute atomic E-state index is 9.32. The topological polar surface area (TPSA) is 32.3 Å². The SMILES string of the molecule is CC[C@@H](O)CCNCc1sccc1Br. The van der Waals surface area contributed by atoms with Crippen LogP contribution < -0.4 is 5.32 Å². The third kappa shape index (κ3) is 4.09. The summed E-state index contributed by atoms with van der Waals surface area (Å²) in [5.41, 5.74) is 0. The van der Waals surface area contributed by atoms with Crippen molar-refractivity contribution in [1.82, 2.24) is 5.32 Å². The molecule has 0 bridgehead atoms. The van der Waals surface area contributed by atoms with E-state index in [-0.39, 0.29) is 6.10 Å². The molecular formula is C10H16BrNOS. The van der Waals surface area contributed by atoms with Gasteiger partial charge in [-0.25, -0.2) is 0 Å². The molecule has 0 saturated carbocycles. The smallest absolute Gasteiger partial charge is 0.0549 e. The van der Waals surface area contributed by atoms with Crippen LogP contribution in [-0.4, -0.2) is 17.8 Å². The van der Waals surface area contributed by atoms with E-state index in [4.69, 9.17) is 0 Å². The van der Waals surface area contributed by atoms with E-state index in [0.717, 1.165) is 25.9 Å². The largest absolute Gasteiger partial charge is 0.393 e. The van der Waals surface area contributed by atoms with Crippen molar-refractivity contribution in [1.29, 1.82) is 0 Å². The van der Waals surface area contributed by atoms with Gasteiger partial charge in [-0.1, -0.05) is 6.92 Å². The van der Waals surface area contributed by atoms with E-state index in [1.807, 2.05) is 6.92 Å². The fourth-order valence-corrected chi connectivity index (χ4v) is 2.59. The fourth-order valence-electron chi connectivity index (χ4n) is 1.13. The van der Waals surface area contributed by atoms with Crippen LogP contribution in [0.3, 0.4) is 0 Å². The first-order chi connectivity index (χ1) is 6.74. The van der Waals surface area contributed by atoms with E-state index in [2.05, 4.69) is 32.7 Å². The molecule has 4 heteroatoms. The Morgan fingerprint density at radius 3 is 3.00 bits per heavy atom. The molecule has 80 valence electrons. The molecule has 0 amide bonds. The van der Waals surface area contributed by atoms with Crippen molar-refractivity contribution >= 4 is 27.3 Å². The lowest BCUT2D eigenvalue weighted by Gasteiger charge is -2.07. The van der Waals surface area contributed by atoms with E-state index in [1.165, 1.54) is 9.35 Å². The van der Waals surface area contributed by atoms with Crippen molar-refractivity contribution in [3.8, 4) is 0 Å². The lowest BCUT2D eigenvalue weighted by atomic mass is 10.2. The van der Waals surface area contributed by atoms with E-state index >= 15 is 0 Å². The zero-order chi connectivity index (χ0) is 10.4. The molecule has 2 nitrogen and oxygen atoms in total. The third-order valence-corrected chi connectivity index (χ3v) is 4.03. The van der Waals surface area contributed by atoms with Crippen LogP contribution in [0.5, 0.6) is 0 Å². The maximum atomic E-state index is 9.32. The quantitative estimate of drug-likeness (QED) is 0.784. The Morgan fingerprint density at radius 2 is 2.43 bits per heavy atom. The summed E-state index contributed by atoms with van der Waals surface area (Å²) in [4.78, 5) is 1.32. The highest BCUT2D eigenvalue weighted by atomic mass is 79.9. The van der Waals surface area contributed by atoms with Crippen LogP contribution in [0.2, 0.25) is 0 Å². The molecule has 1 heterocycles. The van der Waals surface area contributed by atoms with Crippen LogP contribution in [0.15, 0.2) is 15.9 Å². The Kier molecular flexibility index (Phi) is 5.70. The Morgan fingerprint density at radius 1 is 1.64 bits per heavy atom. The van der Waals surface area contributed by atoms with Crippen LogP contribution in [-0.2, 0) is 6.54 Å². The van der Waals surface area contributed by atoms with Gasteiger partial charge in [0, 0.05) is 15.9 Å². The summed E-state index contributed by atoms with van der Waals surface area (Å²) in [7, 11) is 0. The predicted octanol–water partition coefficient (Wildman–Crippen LogP) is 2.76. The molecule has 0 saturated heterocycles. The zero-order valence-corrected chi connectivity index (χ0v) is 10.7. The number of rotatable bonds is 6. The minimum absolute atomic E-state index is 0.158. The summed E-state index contributed by atoms with van der Waals surface area (Å²) >= 11 is 5.22. The van der Waals surface area contributed by atoms with Crippen molar-refractivity contribution in [2.45, 2.75) is 32.4 Å². The normalized spacial score (nSPS) is 13.1. The van der Waals surface area contributed by atoms with Crippen molar-refractivity contribution in [3.63, 3.8) is 0 Å². The number of aliphatic hydroxyl groups excluding tert-OH is 1. The summed E-state index contributed by atoms with van der Waals surface area (Å²) in [5.74, 6) is 0. The first-order valence-electron chi connectivity index (χ1n) is 4.84. The van der Waals surface area contributed by atoms with Gasteiger partial charge in [-0.05, 0) is 46.8 Å². The molecule has 0 aliphatic carbocycles. The average Bonchev–Trinajstić information content (AvgIpc) is 2.58. The minimum atomic E-state index is -0.158. The first-order valence-corrected chi connectivity index (χ1v) is 6.52. The molecule has 0 aliphatic rings. The number of hydrogen-bond donors (Lipinski definition) is 2. The van der Waals surface area contributed by atoms with Gasteiger partial charge in [0.1, 0.15) is 0 Å². The summed E-state index contributed by atoms with van der Waals surface area (Å²) in [6.45, 7) is 3.76.